The van der Waals surface area contributed by atoms with E-state index in [4.69, 9.17) is 11.6 Å². The smallest absolute Gasteiger partial charge is 0.273 e. The van der Waals surface area contributed by atoms with E-state index in [1.807, 2.05) is 0 Å². The van der Waals surface area contributed by atoms with E-state index in [1.165, 1.54) is 30.3 Å². The monoisotopic (exact) mass is 386 g/mol. The molecule has 3 N–H and O–H groups in total. The van der Waals surface area contributed by atoms with Gasteiger partial charge in [-0.1, -0.05) is 27.5 Å². The van der Waals surface area contributed by atoms with E-state index in [0.717, 1.165) is 6.07 Å². The lowest BCUT2D eigenvalue weighted by Gasteiger charge is -2.09. The van der Waals surface area contributed by atoms with E-state index in [0.29, 0.717) is 4.47 Å². The van der Waals surface area contributed by atoms with Crippen LogP contribution < -0.4 is 10.9 Å². The van der Waals surface area contributed by atoms with Crippen molar-refractivity contribution in [2.45, 2.75) is 0 Å². The highest BCUT2D eigenvalue weighted by Crippen LogP contribution is 2.21. The topological polar surface area (TPSA) is 78.4 Å². The molecule has 0 heterocycles. The average molecular weight is 388 g/mol. The largest absolute Gasteiger partial charge is 0.507 e. The number of hydrazine groups is 1. The molecule has 0 aliphatic rings. The molecule has 0 bridgehead atoms. The van der Waals surface area contributed by atoms with Crippen LogP contribution in [0.3, 0.4) is 0 Å². The minimum atomic E-state index is -0.833. The maximum atomic E-state index is 13.6. The number of carbonyl (C=O) groups excluding carboxylic acids is 2. The third-order valence-corrected chi connectivity index (χ3v) is 3.40. The average Bonchev–Trinajstić information content (AvgIpc) is 2.47. The first-order chi connectivity index (χ1) is 10.4. The fraction of sp³-hybridized carbons (Fsp3) is 0. The predicted octanol–water partition coefficient (Wildman–Crippen LogP) is 3.02. The summed E-state index contributed by atoms with van der Waals surface area (Å²) in [4.78, 5) is 23.6. The number of carbonyl (C=O) groups is 2. The molecule has 8 heteroatoms. The van der Waals surface area contributed by atoms with Crippen LogP contribution in [0.4, 0.5) is 4.39 Å². The van der Waals surface area contributed by atoms with Gasteiger partial charge in [-0.15, -0.1) is 0 Å². The quantitative estimate of drug-likeness (QED) is 0.693. The Morgan fingerprint density at radius 1 is 1.05 bits per heavy atom. The molecule has 0 saturated carbocycles. The normalized spacial score (nSPS) is 10.1. The Labute approximate surface area is 138 Å². The molecule has 2 aromatic carbocycles. The second-order valence-corrected chi connectivity index (χ2v) is 5.55. The summed E-state index contributed by atoms with van der Waals surface area (Å²) in [5.74, 6) is -2.66. The number of hydrogen-bond acceptors (Lipinski definition) is 3. The summed E-state index contributed by atoms with van der Waals surface area (Å²) in [6.07, 6.45) is 0. The number of benzene rings is 2. The third-order valence-electron chi connectivity index (χ3n) is 2.67. The molecular weight excluding hydrogens is 379 g/mol. The number of nitrogens with one attached hydrogen (secondary N) is 2. The number of aromatic hydroxyl groups is 1. The molecule has 2 amide bonds. The van der Waals surface area contributed by atoms with Crippen molar-refractivity contribution >= 4 is 39.3 Å². The highest BCUT2D eigenvalue weighted by molar-refractivity contribution is 9.10. The summed E-state index contributed by atoms with van der Waals surface area (Å²) in [5, 5.41) is 9.81. The first-order valence-corrected chi connectivity index (χ1v) is 7.10. The maximum absolute atomic E-state index is 13.6. The van der Waals surface area contributed by atoms with Crippen molar-refractivity contribution in [3.63, 3.8) is 0 Å². The Kier molecular flexibility index (Phi) is 4.99. The summed E-state index contributed by atoms with van der Waals surface area (Å²) < 4.78 is 14.1. The van der Waals surface area contributed by atoms with E-state index in [9.17, 15) is 19.1 Å². The molecule has 114 valence electrons. The molecule has 0 fully saturated rings. The first kappa shape index (κ1) is 16.3. The molecule has 0 aromatic heterocycles. The van der Waals surface area contributed by atoms with E-state index in [-0.39, 0.29) is 21.9 Å². The summed E-state index contributed by atoms with van der Waals surface area (Å²) in [7, 11) is 0. The van der Waals surface area contributed by atoms with Gasteiger partial charge in [0.1, 0.15) is 11.6 Å². The SMILES string of the molecule is O=C(NNC(=O)c1ccc(Br)cc1F)c1cc(Cl)ccc1O. The van der Waals surface area contributed by atoms with Gasteiger partial charge in [0, 0.05) is 9.50 Å². The van der Waals surface area contributed by atoms with Gasteiger partial charge in [0.2, 0.25) is 0 Å². The Hall–Kier alpha value is -2.12. The molecule has 0 spiro atoms. The molecule has 0 unspecified atom stereocenters. The second-order valence-electron chi connectivity index (χ2n) is 4.19. The molecule has 5 nitrogen and oxygen atoms in total. The zero-order chi connectivity index (χ0) is 16.3. The van der Waals surface area contributed by atoms with Crippen LogP contribution >= 0.6 is 27.5 Å². The number of halogens is 3. The first-order valence-electron chi connectivity index (χ1n) is 5.92. The van der Waals surface area contributed by atoms with Crippen molar-refractivity contribution in [1.29, 1.82) is 0 Å². The van der Waals surface area contributed by atoms with Gasteiger partial charge in [-0.05, 0) is 36.4 Å². The van der Waals surface area contributed by atoms with E-state index in [1.54, 1.807) is 0 Å². The second kappa shape index (κ2) is 6.76. The summed E-state index contributed by atoms with van der Waals surface area (Å²) in [6, 6.07) is 7.76. The molecule has 2 aromatic rings. The van der Waals surface area contributed by atoms with Gasteiger partial charge in [0.25, 0.3) is 11.8 Å². The van der Waals surface area contributed by atoms with Gasteiger partial charge in [-0.3, -0.25) is 20.4 Å². The Bertz CT molecular complexity index is 755. The van der Waals surface area contributed by atoms with Crippen LogP contribution in [0, 0.1) is 5.82 Å². The van der Waals surface area contributed by atoms with E-state index in [2.05, 4.69) is 26.8 Å². The summed E-state index contributed by atoms with van der Waals surface area (Å²) in [5.41, 5.74) is 3.77. The summed E-state index contributed by atoms with van der Waals surface area (Å²) >= 11 is 8.79. The zero-order valence-electron chi connectivity index (χ0n) is 10.9. The van der Waals surface area contributed by atoms with Gasteiger partial charge in [0.05, 0.1) is 11.1 Å². The number of phenolic OH excluding ortho intramolecular Hbond substituents is 1. The predicted molar refractivity (Wildman–Crippen MR) is 82.1 cm³/mol. The fourth-order valence-electron chi connectivity index (χ4n) is 1.61. The van der Waals surface area contributed by atoms with Gasteiger partial charge in [-0.2, -0.15) is 0 Å². The Morgan fingerprint density at radius 2 is 1.68 bits per heavy atom. The lowest BCUT2D eigenvalue weighted by atomic mass is 10.2. The Balaban J connectivity index is 2.07. The van der Waals surface area contributed by atoms with Crippen LogP contribution in [0.5, 0.6) is 5.75 Å². The van der Waals surface area contributed by atoms with Crippen molar-refractivity contribution in [2.75, 3.05) is 0 Å². The number of hydrogen-bond donors (Lipinski definition) is 3. The van der Waals surface area contributed by atoms with Crippen LogP contribution in [0.25, 0.3) is 0 Å². The number of amides is 2. The van der Waals surface area contributed by atoms with E-state index < -0.39 is 17.6 Å². The van der Waals surface area contributed by atoms with Crippen LogP contribution in [0.15, 0.2) is 40.9 Å². The molecule has 0 aliphatic heterocycles. The minimum absolute atomic E-state index is 0.121. The molecule has 0 radical (unpaired) electrons. The molecule has 0 atom stereocenters. The van der Waals surface area contributed by atoms with Gasteiger partial charge in [-0.25, -0.2) is 4.39 Å². The molecule has 0 saturated heterocycles. The molecule has 22 heavy (non-hydrogen) atoms. The van der Waals surface area contributed by atoms with Gasteiger partial charge < -0.3 is 5.11 Å². The van der Waals surface area contributed by atoms with Crippen molar-refractivity contribution in [3.05, 3.63) is 62.8 Å². The molecule has 0 aliphatic carbocycles. The van der Waals surface area contributed by atoms with E-state index >= 15 is 0 Å². The van der Waals surface area contributed by atoms with Gasteiger partial charge >= 0.3 is 0 Å². The van der Waals surface area contributed by atoms with Crippen LogP contribution in [0.2, 0.25) is 5.02 Å². The number of phenols is 1. The van der Waals surface area contributed by atoms with Crippen molar-refractivity contribution < 1.29 is 19.1 Å². The van der Waals surface area contributed by atoms with Crippen LogP contribution in [0.1, 0.15) is 20.7 Å². The zero-order valence-corrected chi connectivity index (χ0v) is 13.2. The van der Waals surface area contributed by atoms with Crippen LogP contribution in [-0.4, -0.2) is 16.9 Å². The van der Waals surface area contributed by atoms with Gasteiger partial charge in [0.15, 0.2) is 0 Å². The molecule has 2 rings (SSSR count). The van der Waals surface area contributed by atoms with Crippen molar-refractivity contribution in [3.8, 4) is 5.75 Å². The maximum Gasteiger partial charge on any atom is 0.273 e. The lowest BCUT2D eigenvalue weighted by molar-refractivity contribution is 0.0842. The Morgan fingerprint density at radius 3 is 2.32 bits per heavy atom. The minimum Gasteiger partial charge on any atom is -0.507 e. The lowest BCUT2D eigenvalue weighted by Crippen LogP contribution is -2.42. The van der Waals surface area contributed by atoms with Crippen LogP contribution in [-0.2, 0) is 0 Å². The fourth-order valence-corrected chi connectivity index (χ4v) is 2.12. The standard InChI is InChI=1S/C14H9BrClFN2O3/c15-7-1-3-9(11(17)5-7)13(21)18-19-14(22)10-6-8(16)2-4-12(10)20/h1-6,20H,(H,18,21)(H,19,22). The molecular formula is C14H9BrClFN2O3. The summed E-state index contributed by atoms with van der Waals surface area (Å²) in [6.45, 7) is 0. The highest BCUT2D eigenvalue weighted by atomic mass is 79.9. The third kappa shape index (κ3) is 3.75. The number of rotatable bonds is 2. The van der Waals surface area contributed by atoms with Crippen molar-refractivity contribution in [2.24, 2.45) is 0 Å². The van der Waals surface area contributed by atoms with Crippen molar-refractivity contribution in [1.82, 2.24) is 10.9 Å². The highest BCUT2D eigenvalue weighted by Gasteiger charge is 2.15.